The van der Waals surface area contributed by atoms with E-state index in [1.54, 1.807) is 0 Å². The number of nitrogens with zero attached hydrogens (tertiary/aromatic N) is 2. The first-order chi connectivity index (χ1) is 36.2. The lowest BCUT2D eigenvalue weighted by molar-refractivity contribution is 0.669. The van der Waals surface area contributed by atoms with Crippen molar-refractivity contribution >= 4 is 71.6 Å². The lowest BCUT2D eigenvalue weighted by Crippen LogP contribution is -2.10. The molecule has 0 fully saturated rings. The number of rotatable bonds is 9. The van der Waals surface area contributed by atoms with Gasteiger partial charge >= 0.3 is 0 Å². The molecule has 0 unspecified atom stereocenters. The van der Waals surface area contributed by atoms with Gasteiger partial charge < -0.3 is 13.9 Å². The Morgan fingerprint density at radius 2 is 0.726 bits per heavy atom. The fourth-order valence-electron chi connectivity index (χ4n) is 11.0. The van der Waals surface area contributed by atoms with Gasteiger partial charge in [0.05, 0.1) is 16.7 Å². The van der Waals surface area contributed by atoms with Crippen LogP contribution in [0.1, 0.15) is 0 Å². The van der Waals surface area contributed by atoms with Crippen molar-refractivity contribution in [2.45, 2.75) is 0 Å². The Morgan fingerprint density at radius 3 is 1.32 bits per heavy atom. The standard InChI is InChI=1S/C70H46N2O/c1-3-12-47(13-4-1)52-30-38-58(39-31-52)71(67-21-11-19-63-69-61-17-8-7-16-56(61)37-45-68(69)73-70(63)67)59-40-32-54(33-41-59)51-24-22-49(23-25-51)50-26-28-55(29-27-50)57-36-44-66-64(46-57)62-18-9-10-20-65(62)72(66)60-42-34-53(35-43-60)48-14-5-2-6-15-48/h1-46H. The maximum atomic E-state index is 6.79. The van der Waals surface area contributed by atoms with E-state index in [-0.39, 0.29) is 0 Å². The molecular formula is C70H46N2O. The van der Waals surface area contributed by atoms with Crippen LogP contribution < -0.4 is 4.90 Å². The number of furan rings is 1. The van der Waals surface area contributed by atoms with Crippen molar-refractivity contribution in [2.75, 3.05) is 4.90 Å². The van der Waals surface area contributed by atoms with Gasteiger partial charge in [-0.2, -0.15) is 0 Å². The van der Waals surface area contributed by atoms with Crippen LogP contribution >= 0.6 is 0 Å². The Bertz CT molecular complexity index is 4310. The SMILES string of the molecule is c1ccc(-c2ccc(N(c3ccc(-c4ccc(-c5ccc(-c6ccc7c(c6)c6ccccc6n7-c6ccc(-c7ccccc7)cc6)cc5)cc4)cc3)c3cccc4c3oc3ccc5ccccc5c34)cc2)cc1. The molecule has 342 valence electrons. The zero-order valence-electron chi connectivity index (χ0n) is 39.9. The van der Waals surface area contributed by atoms with Crippen molar-refractivity contribution in [1.29, 1.82) is 0 Å². The highest BCUT2D eigenvalue weighted by Gasteiger charge is 2.21. The normalized spacial score (nSPS) is 11.6. The summed E-state index contributed by atoms with van der Waals surface area (Å²) in [5, 5.41) is 7.13. The predicted molar refractivity (Wildman–Crippen MR) is 307 cm³/mol. The quantitative estimate of drug-likeness (QED) is 0.144. The van der Waals surface area contributed by atoms with Crippen LogP contribution in [0.5, 0.6) is 0 Å². The summed E-state index contributed by atoms with van der Waals surface area (Å²) < 4.78 is 9.18. The average Bonchev–Trinajstić information content (AvgIpc) is 4.03. The number of aromatic nitrogens is 1. The zero-order chi connectivity index (χ0) is 48.2. The van der Waals surface area contributed by atoms with Gasteiger partial charge in [0.15, 0.2) is 5.58 Å². The maximum absolute atomic E-state index is 6.79. The Morgan fingerprint density at radius 1 is 0.288 bits per heavy atom. The van der Waals surface area contributed by atoms with E-state index in [1.807, 2.05) is 0 Å². The van der Waals surface area contributed by atoms with Gasteiger partial charge in [-0.05, 0) is 133 Å². The van der Waals surface area contributed by atoms with Crippen LogP contribution in [-0.4, -0.2) is 4.57 Å². The Hall–Kier alpha value is -9.70. The molecule has 3 heteroatoms. The summed E-state index contributed by atoms with van der Waals surface area (Å²) in [4.78, 5) is 2.32. The summed E-state index contributed by atoms with van der Waals surface area (Å²) in [6, 6.07) is 101. The molecule has 0 atom stereocenters. The largest absolute Gasteiger partial charge is 0.454 e. The van der Waals surface area contributed by atoms with Gasteiger partial charge in [-0.1, -0.05) is 212 Å². The first kappa shape index (κ1) is 42.2. The average molecular weight is 931 g/mol. The molecule has 0 aliphatic rings. The van der Waals surface area contributed by atoms with Crippen molar-refractivity contribution in [1.82, 2.24) is 4.57 Å². The molecule has 2 heterocycles. The Labute approximate surface area is 423 Å². The number of hydrogen-bond donors (Lipinski definition) is 0. The van der Waals surface area contributed by atoms with Crippen LogP contribution in [0, 0.1) is 0 Å². The first-order valence-corrected chi connectivity index (χ1v) is 25.0. The van der Waals surface area contributed by atoms with Crippen molar-refractivity contribution in [2.24, 2.45) is 0 Å². The molecule has 0 saturated carbocycles. The Balaban J connectivity index is 0.752. The highest BCUT2D eigenvalue weighted by atomic mass is 16.3. The topological polar surface area (TPSA) is 21.3 Å². The molecule has 14 aromatic rings. The second-order valence-corrected chi connectivity index (χ2v) is 18.9. The molecule has 73 heavy (non-hydrogen) atoms. The van der Waals surface area contributed by atoms with Gasteiger partial charge in [0.1, 0.15) is 5.58 Å². The van der Waals surface area contributed by atoms with Gasteiger partial charge in [-0.25, -0.2) is 0 Å². The van der Waals surface area contributed by atoms with E-state index < -0.39 is 0 Å². The van der Waals surface area contributed by atoms with Crippen LogP contribution in [0.25, 0.3) is 116 Å². The molecule has 2 aromatic heterocycles. The lowest BCUT2D eigenvalue weighted by atomic mass is 9.97. The molecule has 0 aliphatic carbocycles. The van der Waals surface area contributed by atoms with Gasteiger partial charge in [-0.3, -0.25) is 0 Å². The summed E-state index contributed by atoms with van der Waals surface area (Å²) in [7, 11) is 0. The molecule has 0 bridgehead atoms. The van der Waals surface area contributed by atoms with E-state index in [9.17, 15) is 0 Å². The zero-order valence-corrected chi connectivity index (χ0v) is 39.9. The van der Waals surface area contributed by atoms with Crippen LogP contribution in [0.2, 0.25) is 0 Å². The van der Waals surface area contributed by atoms with E-state index in [0.717, 1.165) is 55.8 Å². The molecular weight excluding hydrogens is 885 g/mol. The molecule has 0 aliphatic heterocycles. The van der Waals surface area contributed by atoms with Crippen molar-refractivity contribution in [3.63, 3.8) is 0 Å². The van der Waals surface area contributed by atoms with Gasteiger partial charge in [0, 0.05) is 38.6 Å². The van der Waals surface area contributed by atoms with Crippen LogP contribution in [0.4, 0.5) is 17.1 Å². The number of fused-ring (bicyclic) bond motifs is 8. The second kappa shape index (κ2) is 17.6. The summed E-state index contributed by atoms with van der Waals surface area (Å²) in [5.41, 5.74) is 20.3. The van der Waals surface area contributed by atoms with Crippen LogP contribution in [0.3, 0.4) is 0 Å². The third kappa shape index (κ3) is 7.46. The molecule has 0 spiro atoms. The van der Waals surface area contributed by atoms with Crippen LogP contribution in [0.15, 0.2) is 283 Å². The minimum Gasteiger partial charge on any atom is -0.454 e. The van der Waals surface area contributed by atoms with Gasteiger partial charge in [0.25, 0.3) is 0 Å². The van der Waals surface area contributed by atoms with Crippen molar-refractivity contribution in [3.8, 4) is 61.3 Å². The highest BCUT2D eigenvalue weighted by Crippen LogP contribution is 2.45. The third-order valence-corrected chi connectivity index (χ3v) is 14.6. The van der Waals surface area contributed by atoms with Crippen LogP contribution in [-0.2, 0) is 0 Å². The third-order valence-electron chi connectivity index (χ3n) is 14.6. The number of hydrogen-bond acceptors (Lipinski definition) is 2. The lowest BCUT2D eigenvalue weighted by Gasteiger charge is -2.26. The van der Waals surface area contributed by atoms with E-state index in [0.29, 0.717) is 0 Å². The molecule has 0 saturated heterocycles. The molecule has 14 rings (SSSR count). The van der Waals surface area contributed by atoms with Gasteiger partial charge in [0.2, 0.25) is 0 Å². The summed E-state index contributed by atoms with van der Waals surface area (Å²) in [6.07, 6.45) is 0. The molecule has 12 aromatic carbocycles. The summed E-state index contributed by atoms with van der Waals surface area (Å²) in [5.74, 6) is 0. The summed E-state index contributed by atoms with van der Waals surface area (Å²) in [6.45, 7) is 0. The Kier molecular flexibility index (Phi) is 10.2. The highest BCUT2D eigenvalue weighted by molar-refractivity contribution is 6.21. The minimum atomic E-state index is 0.861. The van der Waals surface area contributed by atoms with E-state index in [1.165, 1.54) is 77.1 Å². The maximum Gasteiger partial charge on any atom is 0.159 e. The second-order valence-electron chi connectivity index (χ2n) is 18.9. The molecule has 3 nitrogen and oxygen atoms in total. The molecule has 0 amide bonds. The first-order valence-electron chi connectivity index (χ1n) is 25.0. The number of anilines is 3. The number of para-hydroxylation sites is 2. The van der Waals surface area contributed by atoms with Crippen molar-refractivity contribution in [3.05, 3.63) is 279 Å². The van der Waals surface area contributed by atoms with Gasteiger partial charge in [-0.15, -0.1) is 0 Å². The smallest absolute Gasteiger partial charge is 0.159 e. The van der Waals surface area contributed by atoms with E-state index in [4.69, 9.17) is 4.42 Å². The number of benzene rings is 12. The fraction of sp³-hybridized carbons (Fsp3) is 0. The minimum absolute atomic E-state index is 0.861. The van der Waals surface area contributed by atoms with Crippen molar-refractivity contribution < 1.29 is 4.42 Å². The summed E-state index contributed by atoms with van der Waals surface area (Å²) >= 11 is 0. The molecule has 0 radical (unpaired) electrons. The monoisotopic (exact) mass is 930 g/mol. The van der Waals surface area contributed by atoms with E-state index in [2.05, 4.69) is 289 Å². The van der Waals surface area contributed by atoms with E-state index >= 15 is 0 Å². The molecule has 0 N–H and O–H groups in total. The predicted octanol–water partition coefficient (Wildman–Crippen LogP) is 19.6. The fourth-order valence-corrected chi connectivity index (χ4v) is 11.0.